The number of fused-ring (bicyclic) bond motifs is 1. The first-order chi connectivity index (χ1) is 9.06. The number of amides is 1. The van der Waals surface area contributed by atoms with Gasteiger partial charge in [-0.1, -0.05) is 24.3 Å². The number of nitrogens with one attached hydrogen (secondary N) is 1. The lowest BCUT2D eigenvalue weighted by molar-refractivity contribution is -0.129. The first-order valence-electron chi connectivity index (χ1n) is 6.42. The van der Waals surface area contributed by atoms with Gasteiger partial charge in [-0.3, -0.25) is 10.1 Å². The third-order valence-electron chi connectivity index (χ3n) is 3.46. The van der Waals surface area contributed by atoms with E-state index in [2.05, 4.69) is 10.2 Å². The Kier molecular flexibility index (Phi) is 4.19. The van der Waals surface area contributed by atoms with Crippen molar-refractivity contribution in [1.29, 1.82) is 0 Å². The van der Waals surface area contributed by atoms with Crippen LogP contribution in [0.2, 0.25) is 0 Å². The first kappa shape index (κ1) is 14.0. The number of rotatable bonds is 5. The second-order valence-corrected chi connectivity index (χ2v) is 5.15. The highest BCUT2D eigenvalue weighted by molar-refractivity contribution is 5.87. The molecule has 0 aliphatic carbocycles. The number of likely N-dealkylation sites (N-methyl/N-ethyl adjacent to an activating group) is 1. The summed E-state index contributed by atoms with van der Waals surface area (Å²) in [7, 11) is 3.98. The van der Waals surface area contributed by atoms with E-state index >= 15 is 0 Å². The molecule has 0 saturated heterocycles. The minimum absolute atomic E-state index is 0.284. The molecule has 3 N–H and O–H groups in total. The van der Waals surface area contributed by atoms with Crippen LogP contribution in [-0.4, -0.2) is 44.6 Å². The van der Waals surface area contributed by atoms with Crippen LogP contribution in [0.4, 0.5) is 0 Å². The number of nitrogens with zero attached hydrogens (tertiary/aromatic N) is 1. The molecule has 1 atom stereocenters. The lowest BCUT2D eigenvalue weighted by Gasteiger charge is -2.37. The fourth-order valence-corrected chi connectivity index (χ4v) is 2.38. The molecule has 0 bridgehead atoms. The molecule has 2 rings (SSSR count). The van der Waals surface area contributed by atoms with Gasteiger partial charge >= 0.3 is 0 Å². The van der Waals surface area contributed by atoms with Crippen LogP contribution in [0.25, 0.3) is 0 Å². The topological polar surface area (TPSA) is 67.6 Å². The fourth-order valence-electron chi connectivity index (χ4n) is 2.38. The third kappa shape index (κ3) is 2.78. The molecule has 0 radical (unpaired) electrons. The summed E-state index contributed by atoms with van der Waals surface area (Å²) in [5, 5.41) is 3.28. The van der Waals surface area contributed by atoms with Gasteiger partial charge in [0, 0.05) is 13.1 Å². The summed E-state index contributed by atoms with van der Waals surface area (Å²) in [4.78, 5) is 14.0. The van der Waals surface area contributed by atoms with Gasteiger partial charge in [0.2, 0.25) is 5.91 Å². The van der Waals surface area contributed by atoms with E-state index in [-0.39, 0.29) is 6.61 Å². The Morgan fingerprint density at radius 1 is 1.47 bits per heavy atom. The van der Waals surface area contributed by atoms with Gasteiger partial charge in [0.15, 0.2) is 0 Å². The first-order valence-corrected chi connectivity index (χ1v) is 6.42. The molecule has 1 unspecified atom stereocenters. The van der Waals surface area contributed by atoms with Crippen LogP contribution >= 0.6 is 0 Å². The summed E-state index contributed by atoms with van der Waals surface area (Å²) < 4.78 is 5.55. The predicted molar refractivity (Wildman–Crippen MR) is 73.5 cm³/mol. The fraction of sp³-hybridized carbons (Fsp3) is 0.500. The zero-order chi connectivity index (χ0) is 13.9. The van der Waals surface area contributed by atoms with E-state index in [9.17, 15) is 4.79 Å². The van der Waals surface area contributed by atoms with Crippen molar-refractivity contribution in [3.05, 3.63) is 35.4 Å². The van der Waals surface area contributed by atoms with E-state index in [1.54, 1.807) is 0 Å². The van der Waals surface area contributed by atoms with Crippen molar-refractivity contribution in [3.8, 4) is 0 Å². The van der Waals surface area contributed by atoms with Crippen molar-refractivity contribution in [2.45, 2.75) is 12.1 Å². The van der Waals surface area contributed by atoms with E-state index in [1.807, 2.05) is 38.4 Å². The van der Waals surface area contributed by atoms with Gasteiger partial charge in [0.05, 0.1) is 13.2 Å². The number of carbonyl (C=O) groups is 1. The maximum absolute atomic E-state index is 12.0. The molecule has 19 heavy (non-hydrogen) atoms. The number of benzene rings is 1. The number of ether oxygens (including phenoxy) is 1. The van der Waals surface area contributed by atoms with Gasteiger partial charge in [-0.2, -0.15) is 0 Å². The van der Waals surface area contributed by atoms with Gasteiger partial charge < -0.3 is 15.4 Å². The summed E-state index contributed by atoms with van der Waals surface area (Å²) in [6.07, 6.45) is 0. The van der Waals surface area contributed by atoms with Crippen molar-refractivity contribution < 1.29 is 9.53 Å². The molecule has 0 aromatic heterocycles. The smallest absolute Gasteiger partial charge is 0.244 e. The van der Waals surface area contributed by atoms with Crippen LogP contribution in [-0.2, 0) is 21.7 Å². The van der Waals surface area contributed by atoms with Gasteiger partial charge in [0.1, 0.15) is 5.54 Å². The highest BCUT2D eigenvalue weighted by Crippen LogP contribution is 2.30. The van der Waals surface area contributed by atoms with Crippen LogP contribution in [0.1, 0.15) is 11.1 Å². The molecule has 0 spiro atoms. The summed E-state index contributed by atoms with van der Waals surface area (Å²) in [5.41, 5.74) is 6.68. The second-order valence-electron chi connectivity index (χ2n) is 5.15. The lowest BCUT2D eigenvalue weighted by atomic mass is 9.84. The Morgan fingerprint density at radius 2 is 2.21 bits per heavy atom. The van der Waals surface area contributed by atoms with Crippen LogP contribution in [0.5, 0.6) is 0 Å². The third-order valence-corrected chi connectivity index (χ3v) is 3.46. The monoisotopic (exact) mass is 263 g/mol. The molecule has 1 aliphatic rings. The second kappa shape index (κ2) is 5.69. The Morgan fingerprint density at radius 3 is 2.89 bits per heavy atom. The maximum atomic E-state index is 12.0. The Balaban J connectivity index is 2.28. The van der Waals surface area contributed by atoms with Gasteiger partial charge in [-0.25, -0.2) is 0 Å². The zero-order valence-corrected chi connectivity index (χ0v) is 11.5. The molecule has 5 nitrogen and oxygen atoms in total. The minimum Gasteiger partial charge on any atom is -0.374 e. The number of carbonyl (C=O) groups excluding carboxylic acids is 1. The molecule has 1 aromatic carbocycles. The molecule has 1 aromatic rings. The van der Waals surface area contributed by atoms with Gasteiger partial charge in [-0.05, 0) is 25.2 Å². The summed E-state index contributed by atoms with van der Waals surface area (Å²) in [6.45, 7) is 2.32. The Bertz CT molecular complexity index is 462. The minimum atomic E-state index is -0.912. The van der Waals surface area contributed by atoms with Gasteiger partial charge in [-0.15, -0.1) is 0 Å². The van der Waals surface area contributed by atoms with Crippen LogP contribution in [0.15, 0.2) is 24.3 Å². The largest absolute Gasteiger partial charge is 0.374 e. The number of nitrogens with two attached hydrogens (primary N) is 1. The molecule has 5 heteroatoms. The SMILES string of the molecule is CN(C)CCNC1(C(N)=O)COCc2ccccc21. The number of primary amides is 1. The average molecular weight is 263 g/mol. The molecule has 104 valence electrons. The van der Waals surface area contributed by atoms with Gasteiger partial charge in [0.25, 0.3) is 0 Å². The lowest BCUT2D eigenvalue weighted by Crippen LogP contribution is -2.58. The molecule has 0 saturated carbocycles. The van der Waals surface area contributed by atoms with Crippen molar-refractivity contribution in [2.75, 3.05) is 33.8 Å². The molecule has 1 heterocycles. The highest BCUT2D eigenvalue weighted by atomic mass is 16.5. The quantitative estimate of drug-likeness (QED) is 0.787. The van der Waals surface area contributed by atoms with E-state index in [0.717, 1.165) is 17.7 Å². The molecule has 1 aliphatic heterocycles. The highest BCUT2D eigenvalue weighted by Gasteiger charge is 2.42. The van der Waals surface area contributed by atoms with E-state index in [0.29, 0.717) is 13.2 Å². The van der Waals surface area contributed by atoms with Crippen molar-refractivity contribution >= 4 is 5.91 Å². The normalized spacial score (nSPS) is 22.3. The van der Waals surface area contributed by atoms with Crippen molar-refractivity contribution in [2.24, 2.45) is 5.73 Å². The van der Waals surface area contributed by atoms with E-state index in [1.165, 1.54) is 0 Å². The molecule has 1 amide bonds. The van der Waals surface area contributed by atoms with E-state index < -0.39 is 11.4 Å². The van der Waals surface area contributed by atoms with Crippen LogP contribution in [0.3, 0.4) is 0 Å². The summed E-state index contributed by atoms with van der Waals surface area (Å²) in [5.74, 6) is -0.390. The zero-order valence-electron chi connectivity index (χ0n) is 11.5. The predicted octanol–water partition coefficient (Wildman–Crippen LogP) is 0.0486. The number of hydrogen-bond acceptors (Lipinski definition) is 4. The molecular formula is C14H21N3O2. The van der Waals surface area contributed by atoms with Crippen LogP contribution in [0, 0.1) is 0 Å². The van der Waals surface area contributed by atoms with Crippen molar-refractivity contribution in [3.63, 3.8) is 0 Å². The Labute approximate surface area is 113 Å². The Hall–Kier alpha value is -1.43. The van der Waals surface area contributed by atoms with Crippen molar-refractivity contribution in [1.82, 2.24) is 10.2 Å². The van der Waals surface area contributed by atoms with E-state index in [4.69, 9.17) is 10.5 Å². The summed E-state index contributed by atoms with van der Waals surface area (Å²) >= 11 is 0. The van der Waals surface area contributed by atoms with Crippen LogP contribution < -0.4 is 11.1 Å². The number of hydrogen-bond donors (Lipinski definition) is 2. The maximum Gasteiger partial charge on any atom is 0.244 e. The summed E-state index contributed by atoms with van der Waals surface area (Å²) in [6, 6.07) is 7.79. The molecular weight excluding hydrogens is 242 g/mol. The standard InChI is InChI=1S/C14H21N3O2/c1-17(2)8-7-16-14(13(15)18)10-19-9-11-5-3-4-6-12(11)14/h3-6,16H,7-10H2,1-2H3,(H2,15,18). The average Bonchev–Trinajstić information content (AvgIpc) is 2.38. The molecule has 0 fully saturated rings.